The van der Waals surface area contributed by atoms with E-state index >= 15 is 0 Å². The van der Waals surface area contributed by atoms with E-state index in [0.29, 0.717) is 44.6 Å². The number of nitrogens with two attached hydrogens (primary N) is 1. The molecule has 2 N–H and O–H groups in total. The van der Waals surface area contributed by atoms with Crippen molar-refractivity contribution in [2.45, 2.75) is 6.92 Å². The van der Waals surface area contributed by atoms with Gasteiger partial charge in [-0.15, -0.1) is 0 Å². The zero-order valence-corrected chi connectivity index (χ0v) is 20.6. The highest BCUT2D eigenvalue weighted by Gasteiger charge is 2.36. The number of primary amides is 1. The summed E-state index contributed by atoms with van der Waals surface area (Å²) in [6.45, 7) is 1.61. The Hall–Kier alpha value is -3.06. The van der Waals surface area contributed by atoms with Crippen molar-refractivity contribution in [2.24, 2.45) is 5.73 Å². The second kappa shape index (κ2) is 10.7. The number of hydrogen-bond acceptors (Lipinski definition) is 8. The lowest BCUT2D eigenvalue weighted by atomic mass is 10.1. The maximum atomic E-state index is 12.6. The van der Waals surface area contributed by atoms with E-state index in [-0.39, 0.29) is 10.7 Å². The summed E-state index contributed by atoms with van der Waals surface area (Å²) in [5.74, 6) is -0.815. The van der Waals surface area contributed by atoms with Gasteiger partial charge in [-0.1, -0.05) is 0 Å². The van der Waals surface area contributed by atoms with E-state index in [4.69, 9.17) is 19.9 Å². The number of carbonyl (C=O) groups excluding carboxylic acids is 4. The Labute approximate surface area is 207 Å². The van der Waals surface area contributed by atoms with Crippen LogP contribution in [0, 0.1) is 3.57 Å². The number of carbonyl (C=O) groups is 4. The summed E-state index contributed by atoms with van der Waals surface area (Å²) in [5.41, 5.74) is 5.99. The van der Waals surface area contributed by atoms with E-state index in [2.05, 4.69) is 0 Å². The molecule has 2 aromatic carbocycles. The van der Waals surface area contributed by atoms with Gasteiger partial charge in [-0.3, -0.25) is 19.3 Å². The van der Waals surface area contributed by atoms with Gasteiger partial charge >= 0.3 is 5.97 Å². The third-order valence-electron chi connectivity index (χ3n) is 4.34. The molecule has 0 aromatic heterocycles. The molecule has 3 rings (SSSR count). The molecule has 33 heavy (non-hydrogen) atoms. The highest BCUT2D eigenvalue weighted by molar-refractivity contribution is 14.1. The zero-order chi connectivity index (χ0) is 24.1. The van der Waals surface area contributed by atoms with E-state index < -0.39 is 29.6 Å². The molecule has 3 amide bonds. The molecule has 1 heterocycles. The molecule has 0 bridgehead atoms. The Kier molecular flexibility index (Phi) is 7.97. The van der Waals surface area contributed by atoms with Gasteiger partial charge < -0.3 is 19.9 Å². The van der Waals surface area contributed by atoms with Gasteiger partial charge in [0.05, 0.1) is 27.8 Å². The summed E-state index contributed by atoms with van der Waals surface area (Å²) in [5, 5.41) is -0.574. The summed E-state index contributed by atoms with van der Waals surface area (Å²) in [6.07, 6.45) is 1.51. The van der Waals surface area contributed by atoms with E-state index in [0.717, 1.165) is 4.90 Å². The maximum Gasteiger partial charge on any atom is 0.343 e. The summed E-state index contributed by atoms with van der Waals surface area (Å²) in [7, 11) is 1.53. The van der Waals surface area contributed by atoms with Gasteiger partial charge in [0.1, 0.15) is 12.3 Å². The molecule has 1 aliphatic rings. The molecule has 2 aromatic rings. The van der Waals surface area contributed by atoms with E-state index in [1.54, 1.807) is 43.3 Å². The van der Waals surface area contributed by atoms with Crippen molar-refractivity contribution < 1.29 is 33.4 Å². The molecule has 1 aliphatic heterocycles. The van der Waals surface area contributed by atoms with Gasteiger partial charge in [0, 0.05) is 0 Å². The standard InChI is InChI=1S/C22H19IN2O7S/c1-3-31-16-9-12(10-17-20(27)25(11-18(24)26)22(29)33-17)8-15(23)19(16)32-21(28)13-4-6-14(30-2)7-5-13/h4-10H,3,11H2,1-2H3,(H2,24,26)/b17-10-. The number of imide groups is 1. The Bertz CT molecular complexity index is 1150. The number of esters is 1. The number of nitrogens with zero attached hydrogens (tertiary/aromatic N) is 1. The van der Waals surface area contributed by atoms with Crippen LogP contribution in [-0.2, 0) is 9.59 Å². The molecule has 0 spiro atoms. The number of amides is 3. The van der Waals surface area contributed by atoms with Crippen molar-refractivity contribution in [3.63, 3.8) is 0 Å². The summed E-state index contributed by atoms with van der Waals surface area (Å²) < 4.78 is 16.9. The Morgan fingerprint density at radius 3 is 2.48 bits per heavy atom. The highest BCUT2D eigenvalue weighted by Crippen LogP contribution is 2.38. The molecule has 0 aliphatic carbocycles. The Morgan fingerprint density at radius 2 is 1.88 bits per heavy atom. The van der Waals surface area contributed by atoms with Crippen molar-refractivity contribution in [3.05, 3.63) is 56.0 Å². The fraction of sp³-hybridized carbons (Fsp3) is 0.182. The summed E-state index contributed by atoms with van der Waals surface area (Å²) in [4.78, 5) is 49.2. The number of rotatable bonds is 8. The monoisotopic (exact) mass is 582 g/mol. The molecule has 1 fully saturated rings. The highest BCUT2D eigenvalue weighted by atomic mass is 127. The molecular weight excluding hydrogens is 563 g/mol. The number of halogens is 1. The topological polar surface area (TPSA) is 125 Å². The second-order valence-corrected chi connectivity index (χ2v) is 8.77. The minimum absolute atomic E-state index is 0.141. The van der Waals surface area contributed by atoms with Gasteiger partial charge in [-0.25, -0.2) is 4.79 Å². The predicted molar refractivity (Wildman–Crippen MR) is 130 cm³/mol. The minimum atomic E-state index is -0.783. The average molecular weight is 582 g/mol. The molecule has 0 atom stereocenters. The van der Waals surface area contributed by atoms with Crippen LogP contribution in [0.1, 0.15) is 22.8 Å². The number of thioether (sulfide) groups is 1. The van der Waals surface area contributed by atoms with Crippen LogP contribution in [0.4, 0.5) is 4.79 Å². The van der Waals surface area contributed by atoms with Gasteiger partial charge in [0.2, 0.25) is 5.91 Å². The Balaban J connectivity index is 1.88. The lowest BCUT2D eigenvalue weighted by molar-refractivity contribution is -0.127. The maximum absolute atomic E-state index is 12.6. The first-order chi connectivity index (χ1) is 15.7. The summed E-state index contributed by atoms with van der Waals surface area (Å²) in [6, 6.07) is 9.76. The molecule has 11 heteroatoms. The second-order valence-electron chi connectivity index (χ2n) is 6.62. The largest absolute Gasteiger partial charge is 0.497 e. The van der Waals surface area contributed by atoms with Gasteiger partial charge in [0.25, 0.3) is 11.1 Å². The fourth-order valence-corrected chi connectivity index (χ4v) is 4.43. The van der Waals surface area contributed by atoms with E-state index in [1.165, 1.54) is 13.2 Å². The van der Waals surface area contributed by atoms with E-state index in [1.807, 2.05) is 22.6 Å². The van der Waals surface area contributed by atoms with Crippen molar-refractivity contribution in [1.82, 2.24) is 4.90 Å². The first-order valence-corrected chi connectivity index (χ1v) is 11.5. The third kappa shape index (κ3) is 5.85. The van der Waals surface area contributed by atoms with Crippen LogP contribution < -0.4 is 19.9 Å². The Morgan fingerprint density at radius 1 is 1.18 bits per heavy atom. The minimum Gasteiger partial charge on any atom is -0.497 e. The first kappa shape index (κ1) is 24.6. The molecule has 0 saturated carbocycles. The van der Waals surface area contributed by atoms with Crippen molar-refractivity contribution in [1.29, 1.82) is 0 Å². The van der Waals surface area contributed by atoms with Crippen LogP contribution in [-0.4, -0.2) is 48.2 Å². The first-order valence-electron chi connectivity index (χ1n) is 9.59. The van der Waals surface area contributed by atoms with Crippen molar-refractivity contribution in [3.8, 4) is 17.2 Å². The number of methoxy groups -OCH3 is 1. The molecule has 172 valence electrons. The molecule has 1 saturated heterocycles. The molecule has 0 unspecified atom stereocenters. The van der Waals surface area contributed by atoms with Gasteiger partial charge in [-0.2, -0.15) is 0 Å². The van der Waals surface area contributed by atoms with Crippen LogP contribution in [0.25, 0.3) is 6.08 Å². The number of benzene rings is 2. The van der Waals surface area contributed by atoms with Crippen LogP contribution in [0.5, 0.6) is 17.2 Å². The zero-order valence-electron chi connectivity index (χ0n) is 17.6. The van der Waals surface area contributed by atoms with Gasteiger partial charge in [0.15, 0.2) is 11.5 Å². The third-order valence-corrected chi connectivity index (χ3v) is 6.05. The van der Waals surface area contributed by atoms with Crippen molar-refractivity contribution >= 4 is 63.5 Å². The normalized spacial score (nSPS) is 14.5. The SMILES string of the molecule is CCOc1cc(/C=C2\SC(=O)N(CC(N)=O)C2=O)cc(I)c1OC(=O)c1ccc(OC)cc1. The number of hydrogen-bond donors (Lipinski definition) is 1. The van der Waals surface area contributed by atoms with Gasteiger partial charge in [-0.05, 0) is 89.3 Å². The number of ether oxygens (including phenoxy) is 3. The molecule has 9 nitrogen and oxygen atoms in total. The molecular formula is C22H19IN2O7S. The van der Waals surface area contributed by atoms with E-state index in [9.17, 15) is 19.2 Å². The average Bonchev–Trinajstić information content (AvgIpc) is 3.03. The van der Waals surface area contributed by atoms with Crippen molar-refractivity contribution in [2.75, 3.05) is 20.3 Å². The predicted octanol–water partition coefficient (Wildman–Crippen LogP) is 3.44. The lowest BCUT2D eigenvalue weighted by Crippen LogP contribution is -2.36. The van der Waals surface area contributed by atoms with Crippen LogP contribution in [0.3, 0.4) is 0 Å². The summed E-state index contributed by atoms with van der Waals surface area (Å²) >= 11 is 2.71. The fourth-order valence-electron chi connectivity index (χ4n) is 2.86. The van der Waals surface area contributed by atoms with Crippen LogP contribution in [0.2, 0.25) is 0 Å². The lowest BCUT2D eigenvalue weighted by Gasteiger charge is -2.14. The van der Waals surface area contributed by atoms with Crippen LogP contribution >= 0.6 is 34.4 Å². The smallest absolute Gasteiger partial charge is 0.343 e. The quantitative estimate of drug-likeness (QED) is 0.217. The van der Waals surface area contributed by atoms with Crippen LogP contribution in [0.15, 0.2) is 41.3 Å². The molecule has 0 radical (unpaired) electrons.